The lowest BCUT2D eigenvalue weighted by molar-refractivity contribution is -0.165. The number of hydrogen-bond acceptors (Lipinski definition) is 8. The second-order valence-corrected chi connectivity index (χ2v) is 13.8. The van der Waals surface area contributed by atoms with Crippen LogP contribution in [0.25, 0.3) is 11.1 Å². The predicted molar refractivity (Wildman–Crippen MR) is 175 cm³/mol. The van der Waals surface area contributed by atoms with Crippen LogP contribution in [0.5, 0.6) is 11.6 Å². The summed E-state index contributed by atoms with van der Waals surface area (Å²) in [6.45, 7) is 6.29. The van der Waals surface area contributed by atoms with E-state index >= 15 is 8.78 Å². The van der Waals surface area contributed by atoms with Crippen LogP contribution in [0.15, 0.2) is 42.6 Å². The van der Waals surface area contributed by atoms with Crippen molar-refractivity contribution in [1.29, 1.82) is 0 Å². The number of amides is 1. The van der Waals surface area contributed by atoms with Gasteiger partial charge in [0.25, 0.3) is 5.88 Å². The Morgan fingerprint density at radius 2 is 1.88 bits per heavy atom. The number of carbonyl (C=O) groups is 2. The van der Waals surface area contributed by atoms with Crippen molar-refractivity contribution < 1.29 is 47.2 Å². The zero-order valence-corrected chi connectivity index (χ0v) is 28.4. The SMILES string of the molecule is CC(C)(C)OC(=O)N1CCC[C@H]1[C@@]1(c2ccccc2)Cc2c(cc(F)c(Cl)c2-c2c(C(=O)O)cnc(OCCO[C@H]3CCCCO3)c2F)O1. The van der Waals surface area contributed by atoms with Crippen molar-refractivity contribution in [2.24, 2.45) is 0 Å². The normalized spacial score (nSPS) is 22.0. The fraction of sp³-hybridized carbons (Fsp3) is 0.472. The third kappa shape index (κ3) is 7.04. The van der Waals surface area contributed by atoms with Gasteiger partial charge in [0, 0.05) is 48.5 Å². The first-order chi connectivity index (χ1) is 23.4. The third-order valence-corrected chi connectivity index (χ3v) is 9.30. The van der Waals surface area contributed by atoms with E-state index in [1.54, 1.807) is 25.7 Å². The van der Waals surface area contributed by atoms with Gasteiger partial charge in [-0.2, -0.15) is 0 Å². The highest BCUT2D eigenvalue weighted by atomic mass is 35.5. The maximum Gasteiger partial charge on any atom is 0.410 e. The van der Waals surface area contributed by atoms with Crippen molar-refractivity contribution in [2.45, 2.75) is 82.8 Å². The van der Waals surface area contributed by atoms with Crippen LogP contribution in [0.3, 0.4) is 0 Å². The molecule has 1 amide bonds. The molecule has 49 heavy (non-hydrogen) atoms. The fourth-order valence-corrected chi connectivity index (χ4v) is 7.11. The van der Waals surface area contributed by atoms with Crippen LogP contribution in [0, 0.1) is 11.6 Å². The van der Waals surface area contributed by atoms with Gasteiger partial charge in [-0.15, -0.1) is 0 Å². The number of nitrogens with zero attached hydrogens (tertiary/aromatic N) is 2. The van der Waals surface area contributed by atoms with Gasteiger partial charge >= 0.3 is 12.1 Å². The van der Waals surface area contributed by atoms with Gasteiger partial charge in [0.05, 0.1) is 23.2 Å². The fourth-order valence-electron chi connectivity index (χ4n) is 6.85. The lowest BCUT2D eigenvalue weighted by Gasteiger charge is -2.40. The second-order valence-electron chi connectivity index (χ2n) is 13.4. The molecule has 2 fully saturated rings. The molecule has 3 aromatic rings. The minimum atomic E-state index is -1.50. The van der Waals surface area contributed by atoms with Crippen molar-refractivity contribution >= 4 is 23.7 Å². The summed E-state index contributed by atoms with van der Waals surface area (Å²) in [6.07, 6.45) is 3.90. The topological polar surface area (TPSA) is 117 Å². The highest BCUT2D eigenvalue weighted by Crippen LogP contribution is 2.53. The van der Waals surface area contributed by atoms with E-state index in [2.05, 4.69) is 4.98 Å². The molecule has 0 unspecified atom stereocenters. The van der Waals surface area contributed by atoms with Crippen LogP contribution >= 0.6 is 11.6 Å². The lowest BCUT2D eigenvalue weighted by Crippen LogP contribution is -2.53. The minimum Gasteiger partial charge on any atom is -0.480 e. The molecule has 3 aliphatic rings. The number of aromatic carboxylic acids is 1. The minimum absolute atomic E-state index is 0.0118. The molecule has 2 aromatic carbocycles. The number of ether oxygens (including phenoxy) is 5. The largest absolute Gasteiger partial charge is 0.480 e. The molecular weight excluding hydrogens is 662 g/mol. The van der Waals surface area contributed by atoms with Crippen LogP contribution in [0.2, 0.25) is 5.02 Å². The Hall–Kier alpha value is -4.00. The van der Waals surface area contributed by atoms with E-state index < -0.39 is 63.0 Å². The predicted octanol–water partition coefficient (Wildman–Crippen LogP) is 7.53. The lowest BCUT2D eigenvalue weighted by atomic mass is 9.80. The summed E-state index contributed by atoms with van der Waals surface area (Å²) >= 11 is 6.61. The number of halogens is 3. The molecule has 262 valence electrons. The Labute approximate surface area is 288 Å². The van der Waals surface area contributed by atoms with Crippen molar-refractivity contribution in [2.75, 3.05) is 26.4 Å². The molecule has 10 nitrogen and oxygen atoms in total. The Morgan fingerprint density at radius 1 is 1.10 bits per heavy atom. The average Bonchev–Trinajstić information content (AvgIpc) is 3.71. The number of benzene rings is 2. The molecule has 1 N–H and O–H groups in total. The standard InChI is InChI=1S/C36H39ClF2N2O8/c1-35(2,3)49-34(44)41-14-9-12-26(41)36(21-10-5-4-6-11-21)19-22-25(48-36)18-24(38)30(37)28(22)29-23(33(42)43)20-40-32(31(29)39)47-17-16-46-27-13-7-8-15-45-27/h4-6,10-11,18,20,26-27H,7-9,12-17,19H2,1-3H3,(H,42,43)/t26-,27-,36-/m0/s1. The van der Waals surface area contributed by atoms with Gasteiger partial charge in [-0.3, -0.25) is 0 Å². The van der Waals surface area contributed by atoms with Gasteiger partial charge in [-0.1, -0.05) is 41.9 Å². The van der Waals surface area contributed by atoms with E-state index in [0.717, 1.165) is 31.5 Å². The van der Waals surface area contributed by atoms with E-state index in [-0.39, 0.29) is 42.8 Å². The number of aromatic nitrogens is 1. The molecular formula is C36H39ClF2N2O8. The molecule has 0 saturated carbocycles. The number of carboxylic acids is 1. The van der Waals surface area contributed by atoms with E-state index in [4.69, 9.17) is 35.3 Å². The molecule has 3 aliphatic heterocycles. The van der Waals surface area contributed by atoms with Crippen molar-refractivity contribution in [3.05, 3.63) is 75.9 Å². The summed E-state index contributed by atoms with van der Waals surface area (Å²) in [5.41, 5.74) is -2.28. The molecule has 6 rings (SSSR count). The summed E-state index contributed by atoms with van der Waals surface area (Å²) < 4.78 is 61.4. The summed E-state index contributed by atoms with van der Waals surface area (Å²) in [7, 11) is 0. The van der Waals surface area contributed by atoms with E-state index in [1.165, 1.54) is 0 Å². The number of rotatable bonds is 9. The molecule has 13 heteroatoms. The second kappa shape index (κ2) is 14.1. The zero-order chi connectivity index (χ0) is 34.9. The third-order valence-electron chi connectivity index (χ3n) is 8.93. The van der Waals surface area contributed by atoms with E-state index in [1.807, 2.05) is 30.3 Å². The van der Waals surface area contributed by atoms with Gasteiger partial charge in [0.2, 0.25) is 0 Å². The number of carbonyl (C=O) groups excluding carboxylic acids is 1. The summed E-state index contributed by atoms with van der Waals surface area (Å²) in [4.78, 5) is 31.5. The Balaban J connectivity index is 1.41. The monoisotopic (exact) mass is 700 g/mol. The highest BCUT2D eigenvalue weighted by molar-refractivity contribution is 6.34. The van der Waals surface area contributed by atoms with Crippen molar-refractivity contribution in [1.82, 2.24) is 9.88 Å². The van der Waals surface area contributed by atoms with Crippen LogP contribution in [-0.2, 0) is 26.2 Å². The van der Waals surface area contributed by atoms with E-state index in [0.29, 0.717) is 31.6 Å². The molecule has 4 heterocycles. The Morgan fingerprint density at radius 3 is 2.57 bits per heavy atom. The summed E-state index contributed by atoms with van der Waals surface area (Å²) in [5.74, 6) is -4.02. The van der Waals surface area contributed by atoms with Gasteiger partial charge in [0.1, 0.15) is 23.8 Å². The number of pyridine rings is 1. The highest BCUT2D eigenvalue weighted by Gasteiger charge is 2.54. The van der Waals surface area contributed by atoms with Gasteiger partial charge in [-0.25, -0.2) is 23.4 Å². The number of carboxylic acid groups (broad SMARTS) is 1. The maximum atomic E-state index is 16.5. The Bertz CT molecular complexity index is 1710. The molecule has 0 spiro atoms. The van der Waals surface area contributed by atoms with Crippen molar-refractivity contribution in [3.63, 3.8) is 0 Å². The number of fused-ring (bicyclic) bond motifs is 1. The van der Waals surface area contributed by atoms with Gasteiger partial charge < -0.3 is 33.7 Å². The van der Waals surface area contributed by atoms with Crippen LogP contribution in [0.1, 0.15) is 74.4 Å². The zero-order valence-electron chi connectivity index (χ0n) is 27.6. The van der Waals surface area contributed by atoms with Gasteiger partial charge in [-0.05, 0) is 58.4 Å². The van der Waals surface area contributed by atoms with Crippen LogP contribution in [0.4, 0.5) is 13.6 Å². The smallest absolute Gasteiger partial charge is 0.410 e. The van der Waals surface area contributed by atoms with Crippen molar-refractivity contribution in [3.8, 4) is 22.8 Å². The number of likely N-dealkylation sites (tertiary alicyclic amines) is 1. The Kier molecular flexibility index (Phi) is 10.0. The number of hydrogen-bond donors (Lipinski definition) is 1. The molecule has 0 aliphatic carbocycles. The summed E-state index contributed by atoms with van der Waals surface area (Å²) in [6, 6.07) is 9.71. The summed E-state index contributed by atoms with van der Waals surface area (Å²) in [5, 5.41) is 9.66. The molecule has 0 radical (unpaired) electrons. The first-order valence-corrected chi connectivity index (χ1v) is 16.8. The first-order valence-electron chi connectivity index (χ1n) is 16.4. The molecule has 1 aromatic heterocycles. The molecule has 0 bridgehead atoms. The van der Waals surface area contributed by atoms with Crippen LogP contribution in [-0.4, -0.2) is 71.4 Å². The molecule has 3 atom stereocenters. The first kappa shape index (κ1) is 34.8. The van der Waals surface area contributed by atoms with E-state index in [9.17, 15) is 14.7 Å². The average molecular weight is 701 g/mol. The maximum absolute atomic E-state index is 16.5. The van der Waals surface area contributed by atoms with Gasteiger partial charge in [0.15, 0.2) is 17.7 Å². The quantitative estimate of drug-likeness (QED) is 0.226. The van der Waals surface area contributed by atoms with Crippen LogP contribution < -0.4 is 9.47 Å². The molecule has 2 saturated heterocycles.